The standard InChI is InChI=1S/C23H35N8O10PS/c1-10(2)40-19(34)11(3)29-42(37,43-8-12-17(33)27-22(35)30(12)5)39-7-13-15(32)23(4,36)20(41-13)31-9-25-14-16(31)26-21(24)28-18(14)38-6/h9-13,15,20,32,36H,7-8H2,1-6H3,(H,29,37)(H2,24,26,28)(H,27,33,35)/t11-,12?,13?,15+,20+,23+,42-/m0/s1. The number of aromatic nitrogens is 4. The van der Waals surface area contributed by atoms with Crippen LogP contribution in [0.3, 0.4) is 0 Å². The van der Waals surface area contributed by atoms with E-state index in [-0.39, 0.29) is 28.7 Å². The molecule has 0 aliphatic carbocycles. The Hall–Kier alpha value is -3.06. The van der Waals surface area contributed by atoms with Gasteiger partial charge in [-0.05, 0) is 27.7 Å². The fraction of sp³-hybridized carbons (Fsp3) is 0.652. The van der Waals surface area contributed by atoms with Gasteiger partial charge in [-0.3, -0.25) is 24.0 Å². The summed E-state index contributed by atoms with van der Waals surface area (Å²) in [6.07, 6.45) is -3.16. The van der Waals surface area contributed by atoms with E-state index in [0.29, 0.717) is 11.4 Å². The summed E-state index contributed by atoms with van der Waals surface area (Å²) in [5.41, 5.74) is 4.27. The molecule has 238 valence electrons. The Kier molecular flexibility index (Phi) is 9.55. The van der Waals surface area contributed by atoms with Gasteiger partial charge in [-0.1, -0.05) is 11.4 Å². The van der Waals surface area contributed by atoms with Crippen molar-refractivity contribution in [1.29, 1.82) is 0 Å². The Labute approximate surface area is 250 Å². The number of rotatable bonds is 12. The zero-order chi connectivity index (χ0) is 31.9. The van der Waals surface area contributed by atoms with Crippen LogP contribution >= 0.6 is 18.1 Å². The van der Waals surface area contributed by atoms with Crippen LogP contribution in [0, 0.1) is 0 Å². The Balaban J connectivity index is 1.54. The predicted molar refractivity (Wildman–Crippen MR) is 152 cm³/mol. The van der Waals surface area contributed by atoms with E-state index in [1.54, 1.807) is 13.8 Å². The van der Waals surface area contributed by atoms with Crippen LogP contribution in [-0.2, 0) is 28.2 Å². The summed E-state index contributed by atoms with van der Waals surface area (Å²) in [6, 6.07) is -2.66. The number of fused-ring (bicyclic) bond motifs is 1. The van der Waals surface area contributed by atoms with Crippen LogP contribution in [0.15, 0.2) is 6.33 Å². The second kappa shape index (κ2) is 12.5. The summed E-state index contributed by atoms with van der Waals surface area (Å²) in [5.74, 6) is -1.46. The van der Waals surface area contributed by atoms with Crippen molar-refractivity contribution in [1.82, 2.24) is 34.8 Å². The fourth-order valence-electron chi connectivity index (χ4n) is 4.46. The number of carbonyl (C=O) groups excluding carboxylic acids is 3. The lowest BCUT2D eigenvalue weighted by Crippen LogP contribution is -2.44. The number of aliphatic hydroxyl groups is 2. The molecule has 2 aromatic rings. The number of nitrogens with two attached hydrogens (primary N) is 1. The zero-order valence-electron chi connectivity index (χ0n) is 24.3. The van der Waals surface area contributed by atoms with Crippen molar-refractivity contribution in [3.05, 3.63) is 6.33 Å². The van der Waals surface area contributed by atoms with Gasteiger partial charge in [0.2, 0.25) is 11.8 Å². The molecule has 3 amide bonds. The number of imide groups is 1. The summed E-state index contributed by atoms with van der Waals surface area (Å²) in [5, 5.41) is 27.1. The Morgan fingerprint density at radius 3 is 2.65 bits per heavy atom. The molecule has 2 aromatic heterocycles. The molecule has 2 saturated heterocycles. The smallest absolute Gasteiger partial charge is 0.327 e. The van der Waals surface area contributed by atoms with Gasteiger partial charge in [0, 0.05) is 12.8 Å². The Morgan fingerprint density at radius 2 is 2.05 bits per heavy atom. The highest BCUT2D eigenvalue weighted by Gasteiger charge is 2.54. The molecule has 7 atom stereocenters. The van der Waals surface area contributed by atoms with E-state index in [1.165, 1.54) is 38.9 Å². The number of esters is 1. The zero-order valence-corrected chi connectivity index (χ0v) is 26.0. The number of likely N-dealkylation sites (N-methyl/N-ethyl adjacent to an activating group) is 1. The molecule has 0 radical (unpaired) electrons. The van der Waals surface area contributed by atoms with Crippen molar-refractivity contribution in [3.8, 4) is 5.88 Å². The minimum Gasteiger partial charge on any atom is -0.479 e. The molecule has 4 heterocycles. The van der Waals surface area contributed by atoms with Crippen molar-refractivity contribution in [2.75, 3.05) is 32.3 Å². The number of amides is 3. The number of urea groups is 1. The number of hydrogen-bond donors (Lipinski definition) is 5. The molecule has 0 aromatic carbocycles. The first-order valence-corrected chi connectivity index (χ1v) is 16.3. The third-order valence-electron chi connectivity index (χ3n) is 6.80. The molecular weight excluding hydrogens is 611 g/mol. The van der Waals surface area contributed by atoms with Gasteiger partial charge in [0.1, 0.15) is 29.9 Å². The average molecular weight is 647 g/mol. The SMILES string of the molecule is COc1nc(N)nc2c1ncn2[C@@H]1OC(CO[P@@](=O)(N[C@@H](C)C(=O)OC(C)C)SCC2C(=O)NC(=O)N2C)[C@@H](O)[C@@]1(C)O. The van der Waals surface area contributed by atoms with E-state index in [1.807, 2.05) is 0 Å². The second-order valence-electron chi connectivity index (χ2n) is 10.5. The summed E-state index contributed by atoms with van der Waals surface area (Å²) in [7, 11) is 2.79. The minimum atomic E-state index is -4.05. The lowest BCUT2D eigenvalue weighted by atomic mass is 9.96. The van der Waals surface area contributed by atoms with Gasteiger partial charge < -0.3 is 39.6 Å². The molecule has 43 heavy (non-hydrogen) atoms. The Bertz CT molecular complexity index is 1440. The van der Waals surface area contributed by atoms with Crippen LogP contribution in [-0.4, -0.2) is 115 Å². The van der Waals surface area contributed by atoms with Crippen LogP contribution in [0.2, 0.25) is 0 Å². The van der Waals surface area contributed by atoms with Crippen molar-refractivity contribution < 1.29 is 47.9 Å². The predicted octanol–water partition coefficient (Wildman–Crippen LogP) is -0.236. The average Bonchev–Trinajstić information content (AvgIpc) is 3.52. The number of ether oxygens (including phenoxy) is 3. The summed E-state index contributed by atoms with van der Waals surface area (Å²) >= 11 is 0.686. The molecule has 2 fully saturated rings. The van der Waals surface area contributed by atoms with Crippen molar-refractivity contribution in [3.63, 3.8) is 0 Å². The number of aliphatic hydroxyl groups excluding tert-OH is 1. The number of nitrogen functional groups attached to an aromatic ring is 1. The molecule has 4 rings (SSSR count). The van der Waals surface area contributed by atoms with Gasteiger partial charge in [-0.25, -0.2) is 14.9 Å². The maximum atomic E-state index is 14.0. The maximum absolute atomic E-state index is 14.0. The topological polar surface area (TPSA) is 243 Å². The monoisotopic (exact) mass is 646 g/mol. The molecule has 2 aliphatic rings. The molecule has 6 N–H and O–H groups in total. The van der Waals surface area contributed by atoms with Crippen molar-refractivity contribution in [2.45, 2.75) is 69.9 Å². The number of hydrogen-bond acceptors (Lipinski definition) is 15. The van der Waals surface area contributed by atoms with E-state index in [9.17, 15) is 29.2 Å². The van der Waals surface area contributed by atoms with E-state index in [4.69, 9.17) is 24.5 Å². The Morgan fingerprint density at radius 1 is 1.35 bits per heavy atom. The van der Waals surface area contributed by atoms with Crippen LogP contribution < -0.4 is 20.9 Å². The minimum absolute atomic E-state index is 0.0942. The lowest BCUT2D eigenvalue weighted by Gasteiger charge is -2.27. The van der Waals surface area contributed by atoms with Gasteiger partial charge in [0.05, 0.1) is 26.1 Å². The van der Waals surface area contributed by atoms with Gasteiger partial charge in [0.15, 0.2) is 17.4 Å². The number of anilines is 1. The van der Waals surface area contributed by atoms with E-state index >= 15 is 0 Å². The van der Waals surface area contributed by atoms with Crippen molar-refractivity contribution >= 4 is 53.1 Å². The second-order valence-corrected chi connectivity index (χ2v) is 14.8. The van der Waals surface area contributed by atoms with Crippen LogP contribution in [0.1, 0.15) is 33.9 Å². The van der Waals surface area contributed by atoms with E-state index < -0.39 is 73.5 Å². The third-order valence-corrected chi connectivity index (χ3v) is 10.9. The van der Waals surface area contributed by atoms with Gasteiger partial charge in [-0.15, -0.1) is 0 Å². The van der Waals surface area contributed by atoms with E-state index in [0.717, 1.165) is 4.90 Å². The van der Waals surface area contributed by atoms with Crippen LogP contribution in [0.25, 0.3) is 11.2 Å². The number of nitrogens with zero attached hydrogens (tertiary/aromatic N) is 5. The van der Waals surface area contributed by atoms with Gasteiger partial charge in [-0.2, -0.15) is 9.97 Å². The molecule has 0 bridgehead atoms. The van der Waals surface area contributed by atoms with E-state index in [2.05, 4.69) is 25.4 Å². The number of methoxy groups -OCH3 is 1. The molecule has 0 spiro atoms. The number of imidazole rings is 1. The first-order chi connectivity index (χ1) is 20.1. The van der Waals surface area contributed by atoms with Gasteiger partial charge >= 0.3 is 18.7 Å². The van der Waals surface area contributed by atoms with Crippen LogP contribution in [0.5, 0.6) is 5.88 Å². The number of carbonyl (C=O) groups is 3. The first-order valence-electron chi connectivity index (χ1n) is 13.1. The molecule has 0 saturated carbocycles. The van der Waals surface area contributed by atoms with Crippen LogP contribution in [0.4, 0.5) is 10.7 Å². The highest BCUT2D eigenvalue weighted by molar-refractivity contribution is 8.56. The third kappa shape index (κ3) is 6.72. The molecular formula is C23H35N8O10PS. The molecule has 2 unspecified atom stereocenters. The largest absolute Gasteiger partial charge is 0.479 e. The summed E-state index contributed by atoms with van der Waals surface area (Å²) in [4.78, 5) is 50.1. The summed E-state index contributed by atoms with van der Waals surface area (Å²) in [6.45, 7) is 1.49. The molecule has 20 heteroatoms. The highest BCUT2D eigenvalue weighted by Crippen LogP contribution is 2.57. The number of nitrogens with one attached hydrogen (secondary N) is 2. The van der Waals surface area contributed by atoms with Gasteiger partial charge in [0.25, 0.3) is 5.91 Å². The molecule has 2 aliphatic heterocycles. The normalized spacial score (nSPS) is 27.9. The molecule has 18 nitrogen and oxygen atoms in total. The quantitative estimate of drug-likeness (QED) is 0.114. The maximum Gasteiger partial charge on any atom is 0.327 e. The fourth-order valence-corrected chi connectivity index (χ4v) is 8.43. The highest BCUT2D eigenvalue weighted by atomic mass is 32.7. The van der Waals surface area contributed by atoms with Crippen molar-refractivity contribution in [2.24, 2.45) is 0 Å². The summed E-state index contributed by atoms with van der Waals surface area (Å²) < 4.78 is 37.5. The first kappa shape index (κ1) is 32.8. The lowest BCUT2D eigenvalue weighted by molar-refractivity contribution is -0.149.